The summed E-state index contributed by atoms with van der Waals surface area (Å²) in [6.07, 6.45) is 9.07. The summed E-state index contributed by atoms with van der Waals surface area (Å²) in [7, 11) is 0. The molecule has 23 heavy (non-hydrogen) atoms. The molecule has 2 aliphatic rings. The van der Waals surface area contributed by atoms with Gasteiger partial charge in [-0.25, -0.2) is 0 Å². The first kappa shape index (κ1) is 16.1. The standard InChI is InChI=1S/C18H26N2O3/c1-13(19-14-7-5-3-2-4-6-8-14)18(21)20-15-9-10-16-17(11-15)23-12-22-16/h9-11,13-14,19H,2-8,12H2,1H3,(H,20,21)/p+1/t13-/m1/s1. The van der Waals surface area contributed by atoms with Gasteiger partial charge in [0.1, 0.15) is 0 Å². The average Bonchev–Trinajstić information content (AvgIpc) is 2.97. The number of anilines is 1. The largest absolute Gasteiger partial charge is 0.454 e. The quantitative estimate of drug-likeness (QED) is 0.896. The predicted molar refractivity (Wildman–Crippen MR) is 88.7 cm³/mol. The van der Waals surface area contributed by atoms with Crippen LogP contribution in [-0.2, 0) is 4.79 Å². The minimum absolute atomic E-state index is 0.0472. The zero-order valence-electron chi connectivity index (χ0n) is 13.8. The van der Waals surface area contributed by atoms with E-state index in [1.807, 2.05) is 25.1 Å². The normalized spacial score (nSPS) is 19.7. The van der Waals surface area contributed by atoms with Gasteiger partial charge in [0.05, 0.1) is 6.04 Å². The van der Waals surface area contributed by atoms with Crippen LogP contribution in [0, 0.1) is 0 Å². The number of amides is 1. The fourth-order valence-electron chi connectivity index (χ4n) is 3.41. The SMILES string of the molecule is C[C@@H]([NH2+]C1CCCCCCC1)C(=O)Nc1ccc2c(c1)OCO2. The van der Waals surface area contributed by atoms with Gasteiger partial charge in [0.15, 0.2) is 17.5 Å². The average molecular weight is 319 g/mol. The zero-order valence-corrected chi connectivity index (χ0v) is 13.8. The number of hydrogen-bond acceptors (Lipinski definition) is 3. The summed E-state index contributed by atoms with van der Waals surface area (Å²) in [5.74, 6) is 1.47. The van der Waals surface area contributed by atoms with Gasteiger partial charge in [0.25, 0.3) is 5.91 Å². The lowest BCUT2D eigenvalue weighted by molar-refractivity contribution is -0.707. The fourth-order valence-corrected chi connectivity index (χ4v) is 3.41. The van der Waals surface area contributed by atoms with Crippen LogP contribution in [0.1, 0.15) is 51.9 Å². The number of carbonyl (C=O) groups is 1. The van der Waals surface area contributed by atoms with Crippen molar-refractivity contribution in [2.75, 3.05) is 12.1 Å². The molecule has 0 bridgehead atoms. The zero-order chi connectivity index (χ0) is 16.1. The minimum atomic E-state index is -0.0788. The van der Waals surface area contributed by atoms with Gasteiger partial charge in [-0.15, -0.1) is 0 Å². The highest BCUT2D eigenvalue weighted by Crippen LogP contribution is 2.34. The minimum Gasteiger partial charge on any atom is -0.454 e. The monoisotopic (exact) mass is 319 g/mol. The first-order valence-corrected chi connectivity index (χ1v) is 8.78. The highest BCUT2D eigenvalue weighted by Gasteiger charge is 2.23. The molecule has 5 nitrogen and oxygen atoms in total. The van der Waals surface area contributed by atoms with Gasteiger partial charge in [0.2, 0.25) is 6.79 Å². The molecule has 1 aliphatic carbocycles. The molecular weight excluding hydrogens is 292 g/mol. The first-order valence-electron chi connectivity index (χ1n) is 8.78. The van der Waals surface area contributed by atoms with Crippen molar-refractivity contribution < 1.29 is 19.6 Å². The Labute approximate surface area is 137 Å². The fraction of sp³-hybridized carbons (Fsp3) is 0.611. The summed E-state index contributed by atoms with van der Waals surface area (Å²) in [6, 6.07) is 6.01. The number of nitrogens with one attached hydrogen (secondary N) is 1. The molecule has 0 radical (unpaired) electrons. The molecular formula is C18H27N2O3+. The van der Waals surface area contributed by atoms with E-state index in [9.17, 15) is 4.79 Å². The van der Waals surface area contributed by atoms with Crippen LogP contribution in [0.15, 0.2) is 18.2 Å². The number of ether oxygens (including phenoxy) is 2. The second-order valence-electron chi connectivity index (χ2n) is 6.64. The Morgan fingerprint density at radius 2 is 1.83 bits per heavy atom. The van der Waals surface area contributed by atoms with Gasteiger partial charge in [-0.3, -0.25) is 4.79 Å². The molecule has 1 amide bonds. The Morgan fingerprint density at radius 3 is 2.61 bits per heavy atom. The van der Waals surface area contributed by atoms with Crippen molar-refractivity contribution in [1.82, 2.24) is 0 Å². The molecule has 1 aliphatic heterocycles. The van der Waals surface area contributed by atoms with Gasteiger partial charge in [-0.2, -0.15) is 0 Å². The molecule has 1 atom stereocenters. The van der Waals surface area contributed by atoms with Gasteiger partial charge < -0.3 is 20.1 Å². The van der Waals surface area contributed by atoms with E-state index >= 15 is 0 Å². The van der Waals surface area contributed by atoms with Gasteiger partial charge in [0, 0.05) is 11.8 Å². The third-order valence-electron chi connectivity index (χ3n) is 4.76. The highest BCUT2D eigenvalue weighted by atomic mass is 16.7. The van der Waals surface area contributed by atoms with Crippen molar-refractivity contribution in [3.63, 3.8) is 0 Å². The van der Waals surface area contributed by atoms with Crippen LogP contribution in [0.2, 0.25) is 0 Å². The predicted octanol–water partition coefficient (Wildman–Crippen LogP) is 2.42. The highest BCUT2D eigenvalue weighted by molar-refractivity contribution is 5.93. The van der Waals surface area contributed by atoms with E-state index in [-0.39, 0.29) is 18.7 Å². The summed E-state index contributed by atoms with van der Waals surface area (Å²) in [4.78, 5) is 12.4. The smallest absolute Gasteiger partial charge is 0.282 e. The van der Waals surface area contributed by atoms with E-state index in [2.05, 4.69) is 10.6 Å². The number of rotatable bonds is 4. The third-order valence-corrected chi connectivity index (χ3v) is 4.76. The topological polar surface area (TPSA) is 64.2 Å². The summed E-state index contributed by atoms with van der Waals surface area (Å²) in [5.41, 5.74) is 0.761. The maximum Gasteiger partial charge on any atom is 0.282 e. The van der Waals surface area contributed by atoms with E-state index in [4.69, 9.17) is 9.47 Å². The number of quaternary nitrogens is 1. The van der Waals surface area contributed by atoms with Gasteiger partial charge in [-0.05, 0) is 44.7 Å². The lowest BCUT2D eigenvalue weighted by Gasteiger charge is -2.21. The van der Waals surface area contributed by atoms with Crippen molar-refractivity contribution in [3.8, 4) is 11.5 Å². The van der Waals surface area contributed by atoms with Crippen LogP contribution in [0.25, 0.3) is 0 Å². The van der Waals surface area contributed by atoms with E-state index < -0.39 is 0 Å². The number of carbonyl (C=O) groups excluding carboxylic acids is 1. The Balaban J connectivity index is 1.52. The van der Waals surface area contributed by atoms with Crippen LogP contribution in [0.5, 0.6) is 11.5 Å². The van der Waals surface area contributed by atoms with Crippen molar-refractivity contribution in [2.45, 2.75) is 64.0 Å². The molecule has 126 valence electrons. The second kappa shape index (κ2) is 7.68. The molecule has 0 unspecified atom stereocenters. The van der Waals surface area contributed by atoms with Crippen LogP contribution in [-0.4, -0.2) is 24.8 Å². The summed E-state index contributed by atoms with van der Waals surface area (Å²) >= 11 is 0. The van der Waals surface area contributed by atoms with Gasteiger partial charge >= 0.3 is 0 Å². The maximum absolute atomic E-state index is 12.4. The first-order chi connectivity index (χ1) is 11.2. The molecule has 1 saturated carbocycles. The summed E-state index contributed by atoms with van der Waals surface area (Å²) < 4.78 is 10.6. The number of nitrogens with two attached hydrogens (primary N) is 1. The Bertz CT molecular complexity index is 539. The number of fused-ring (bicyclic) bond motifs is 1. The third kappa shape index (κ3) is 4.38. The lowest BCUT2D eigenvalue weighted by Crippen LogP contribution is -2.96. The van der Waals surface area contributed by atoms with Crippen molar-refractivity contribution in [3.05, 3.63) is 18.2 Å². The van der Waals surface area contributed by atoms with Gasteiger partial charge in [-0.1, -0.05) is 19.3 Å². The summed E-state index contributed by atoms with van der Waals surface area (Å²) in [6.45, 7) is 2.24. The van der Waals surface area contributed by atoms with E-state index in [0.29, 0.717) is 11.8 Å². The van der Waals surface area contributed by atoms with Crippen molar-refractivity contribution >= 4 is 11.6 Å². The molecule has 1 aromatic rings. The van der Waals surface area contributed by atoms with Crippen LogP contribution in [0.3, 0.4) is 0 Å². The van der Waals surface area contributed by atoms with Crippen LogP contribution in [0.4, 0.5) is 5.69 Å². The Hall–Kier alpha value is -1.75. The molecule has 1 heterocycles. The van der Waals surface area contributed by atoms with Crippen molar-refractivity contribution in [2.24, 2.45) is 0 Å². The molecule has 0 saturated heterocycles. The molecule has 1 aromatic carbocycles. The number of hydrogen-bond donors (Lipinski definition) is 2. The molecule has 3 rings (SSSR count). The van der Waals surface area contributed by atoms with Crippen molar-refractivity contribution in [1.29, 1.82) is 0 Å². The Kier molecular flexibility index (Phi) is 5.39. The second-order valence-corrected chi connectivity index (χ2v) is 6.64. The molecule has 1 fully saturated rings. The van der Waals surface area contributed by atoms with Crippen LogP contribution >= 0.6 is 0 Å². The number of benzene rings is 1. The molecule has 0 spiro atoms. The van der Waals surface area contributed by atoms with E-state index in [0.717, 1.165) is 11.4 Å². The van der Waals surface area contributed by atoms with Crippen LogP contribution < -0.4 is 20.1 Å². The van der Waals surface area contributed by atoms with E-state index in [1.54, 1.807) is 0 Å². The maximum atomic E-state index is 12.4. The van der Waals surface area contributed by atoms with E-state index in [1.165, 1.54) is 44.9 Å². The molecule has 0 aromatic heterocycles. The molecule has 5 heteroatoms. The molecule has 3 N–H and O–H groups in total. The Morgan fingerprint density at radius 1 is 1.13 bits per heavy atom. The summed E-state index contributed by atoms with van der Waals surface area (Å²) in [5, 5.41) is 5.23. The lowest BCUT2D eigenvalue weighted by atomic mass is 9.96.